The average Bonchev–Trinajstić information content (AvgIpc) is 2.70. The molecule has 0 saturated carbocycles. The summed E-state index contributed by atoms with van der Waals surface area (Å²) < 4.78 is 19.2. The third-order valence-electron chi connectivity index (χ3n) is 4.81. The minimum Gasteiger partial charge on any atom is -0.491 e. The number of nitrogens with two attached hydrogens (primary N) is 1. The van der Waals surface area contributed by atoms with Crippen LogP contribution in [0, 0.1) is 5.82 Å². The molecule has 0 saturated heterocycles. The number of hydrogen-bond acceptors (Lipinski definition) is 1. The van der Waals surface area contributed by atoms with Crippen LogP contribution in [0.4, 0.5) is 4.39 Å². The summed E-state index contributed by atoms with van der Waals surface area (Å²) in [4.78, 5) is 0. The molecule has 0 unspecified atom stereocenters. The summed E-state index contributed by atoms with van der Waals surface area (Å²) in [5.74, 6) is 0.923. The minimum absolute atomic E-state index is 0.159. The third-order valence-corrected chi connectivity index (χ3v) is 4.81. The van der Waals surface area contributed by atoms with Crippen LogP contribution in [0.25, 0.3) is 0 Å². The zero-order chi connectivity index (χ0) is 19.8. The molecule has 0 aliphatic carbocycles. The van der Waals surface area contributed by atoms with Crippen LogP contribution < -0.4 is 10.1 Å². The van der Waals surface area contributed by atoms with Gasteiger partial charge in [-0.25, -0.2) is 4.39 Å². The molecule has 2 nitrogen and oxygen atoms in total. The maximum atomic E-state index is 13.4. The first-order chi connectivity index (χ1) is 13.6. The SMILES string of the molecule is CC(C)Oc1ccc([C@H](CC[NH2+]Cc2ccccc2)c2ccc(F)cc2)cc1. The van der Waals surface area contributed by atoms with Crippen LogP contribution in [-0.4, -0.2) is 12.6 Å². The fourth-order valence-corrected chi connectivity index (χ4v) is 3.44. The van der Waals surface area contributed by atoms with Crippen LogP contribution in [-0.2, 0) is 6.54 Å². The molecule has 0 aliphatic rings. The lowest BCUT2D eigenvalue weighted by Crippen LogP contribution is -2.82. The van der Waals surface area contributed by atoms with Crippen molar-refractivity contribution in [3.05, 3.63) is 101 Å². The van der Waals surface area contributed by atoms with Gasteiger partial charge in [0.2, 0.25) is 0 Å². The van der Waals surface area contributed by atoms with Gasteiger partial charge in [-0.15, -0.1) is 0 Å². The molecular weight excluding hydrogens is 349 g/mol. The van der Waals surface area contributed by atoms with Crippen LogP contribution in [0.2, 0.25) is 0 Å². The number of benzene rings is 3. The van der Waals surface area contributed by atoms with Gasteiger partial charge in [0.05, 0.1) is 12.6 Å². The quantitative estimate of drug-likeness (QED) is 0.527. The zero-order valence-electron chi connectivity index (χ0n) is 16.6. The summed E-state index contributed by atoms with van der Waals surface area (Å²) >= 11 is 0. The fraction of sp³-hybridized carbons (Fsp3) is 0.280. The molecule has 0 amide bonds. The van der Waals surface area contributed by atoms with Crippen molar-refractivity contribution >= 4 is 0 Å². The highest BCUT2D eigenvalue weighted by molar-refractivity contribution is 5.36. The summed E-state index contributed by atoms with van der Waals surface area (Å²) in [5.41, 5.74) is 3.71. The lowest BCUT2D eigenvalue weighted by atomic mass is 9.88. The van der Waals surface area contributed by atoms with Crippen LogP contribution in [0.5, 0.6) is 5.75 Å². The minimum atomic E-state index is -0.196. The molecule has 2 N–H and O–H groups in total. The molecule has 0 radical (unpaired) electrons. The molecule has 0 spiro atoms. The van der Waals surface area contributed by atoms with E-state index in [-0.39, 0.29) is 17.8 Å². The molecule has 3 rings (SSSR count). The molecule has 3 heteroatoms. The number of quaternary nitrogens is 1. The van der Waals surface area contributed by atoms with E-state index in [1.807, 2.05) is 44.2 Å². The summed E-state index contributed by atoms with van der Waals surface area (Å²) in [6.45, 7) is 6.02. The Morgan fingerprint density at radius 3 is 2.04 bits per heavy atom. The van der Waals surface area contributed by atoms with Crippen molar-refractivity contribution in [3.63, 3.8) is 0 Å². The Morgan fingerprint density at radius 2 is 1.43 bits per heavy atom. The Bertz CT molecular complexity index is 829. The Hall–Kier alpha value is -2.65. The van der Waals surface area contributed by atoms with Crippen molar-refractivity contribution in [3.8, 4) is 5.75 Å². The second-order valence-electron chi connectivity index (χ2n) is 7.40. The maximum Gasteiger partial charge on any atom is 0.123 e. The highest BCUT2D eigenvalue weighted by atomic mass is 19.1. The fourth-order valence-electron chi connectivity index (χ4n) is 3.44. The Morgan fingerprint density at radius 1 is 0.821 bits per heavy atom. The number of rotatable bonds is 9. The van der Waals surface area contributed by atoms with E-state index in [1.54, 1.807) is 12.1 Å². The van der Waals surface area contributed by atoms with Crippen molar-refractivity contribution in [2.75, 3.05) is 6.54 Å². The molecule has 3 aromatic rings. The first-order valence-corrected chi connectivity index (χ1v) is 9.99. The van der Waals surface area contributed by atoms with Crippen LogP contribution in [0.15, 0.2) is 78.9 Å². The lowest BCUT2D eigenvalue weighted by Gasteiger charge is -2.18. The van der Waals surface area contributed by atoms with E-state index in [1.165, 1.54) is 11.1 Å². The number of hydrogen-bond donors (Lipinski definition) is 1. The predicted octanol–water partition coefficient (Wildman–Crippen LogP) is 4.90. The Labute approximate surface area is 167 Å². The van der Waals surface area contributed by atoms with Crippen LogP contribution >= 0.6 is 0 Å². The monoisotopic (exact) mass is 378 g/mol. The lowest BCUT2D eigenvalue weighted by molar-refractivity contribution is -0.671. The van der Waals surface area contributed by atoms with Crippen LogP contribution in [0.1, 0.15) is 42.9 Å². The van der Waals surface area contributed by atoms with Crippen LogP contribution in [0.3, 0.4) is 0 Å². The summed E-state index contributed by atoms with van der Waals surface area (Å²) in [6, 6.07) is 25.7. The van der Waals surface area contributed by atoms with Crippen molar-refractivity contribution in [1.29, 1.82) is 0 Å². The van der Waals surface area contributed by atoms with Crippen molar-refractivity contribution in [2.45, 2.75) is 38.8 Å². The molecule has 0 fully saturated rings. The van der Waals surface area contributed by atoms with Gasteiger partial charge >= 0.3 is 0 Å². The van der Waals surface area contributed by atoms with Crippen molar-refractivity contribution in [2.24, 2.45) is 0 Å². The molecule has 3 aromatic carbocycles. The van der Waals surface area contributed by atoms with Crippen molar-refractivity contribution in [1.82, 2.24) is 0 Å². The summed E-state index contributed by atoms with van der Waals surface area (Å²) in [6.07, 6.45) is 1.15. The molecule has 0 bridgehead atoms. The van der Waals surface area contributed by atoms with E-state index in [0.717, 1.165) is 30.8 Å². The van der Waals surface area contributed by atoms with E-state index >= 15 is 0 Å². The van der Waals surface area contributed by atoms with Gasteiger partial charge in [0.1, 0.15) is 18.1 Å². The molecule has 28 heavy (non-hydrogen) atoms. The van der Waals surface area contributed by atoms with Gasteiger partial charge in [-0.2, -0.15) is 0 Å². The molecule has 0 heterocycles. The van der Waals surface area contributed by atoms with Gasteiger partial charge in [0.15, 0.2) is 0 Å². The van der Waals surface area contributed by atoms with E-state index < -0.39 is 0 Å². The van der Waals surface area contributed by atoms with Gasteiger partial charge in [0, 0.05) is 17.9 Å². The van der Waals surface area contributed by atoms with E-state index in [0.29, 0.717) is 0 Å². The van der Waals surface area contributed by atoms with E-state index in [2.05, 4.69) is 41.7 Å². The predicted molar refractivity (Wildman–Crippen MR) is 112 cm³/mol. The normalized spacial score (nSPS) is 12.1. The number of ether oxygens (including phenoxy) is 1. The highest BCUT2D eigenvalue weighted by Crippen LogP contribution is 2.29. The second-order valence-corrected chi connectivity index (χ2v) is 7.40. The summed E-state index contributed by atoms with van der Waals surface area (Å²) in [7, 11) is 0. The molecule has 0 aromatic heterocycles. The average molecular weight is 379 g/mol. The molecule has 146 valence electrons. The zero-order valence-corrected chi connectivity index (χ0v) is 16.6. The first-order valence-electron chi connectivity index (χ1n) is 9.99. The Balaban J connectivity index is 1.69. The number of halogens is 1. The standard InChI is InChI=1S/C25H28FNO/c1-19(2)28-24-14-10-22(11-15-24)25(21-8-12-23(26)13-9-21)16-17-27-18-20-6-4-3-5-7-20/h3-15,19,25,27H,16-18H2,1-2H3/p+1/t25-/m1/s1. The highest BCUT2D eigenvalue weighted by Gasteiger charge is 2.15. The van der Waals surface area contributed by atoms with Gasteiger partial charge in [-0.1, -0.05) is 54.6 Å². The maximum absolute atomic E-state index is 13.4. The van der Waals surface area contributed by atoms with Gasteiger partial charge in [-0.3, -0.25) is 0 Å². The molecular formula is C25H29FNO+. The largest absolute Gasteiger partial charge is 0.491 e. The van der Waals surface area contributed by atoms with Gasteiger partial charge in [0.25, 0.3) is 0 Å². The second kappa shape index (κ2) is 10.0. The molecule has 1 atom stereocenters. The van der Waals surface area contributed by atoms with Crippen molar-refractivity contribution < 1.29 is 14.4 Å². The Kier molecular flexibility index (Phi) is 7.21. The molecule has 0 aliphatic heterocycles. The summed E-state index contributed by atoms with van der Waals surface area (Å²) in [5, 5.41) is 2.34. The van der Waals surface area contributed by atoms with E-state index in [4.69, 9.17) is 4.74 Å². The van der Waals surface area contributed by atoms with E-state index in [9.17, 15) is 4.39 Å². The first kappa shape index (κ1) is 20.1. The smallest absolute Gasteiger partial charge is 0.123 e. The topological polar surface area (TPSA) is 25.8 Å². The van der Waals surface area contributed by atoms with Gasteiger partial charge < -0.3 is 10.1 Å². The third kappa shape index (κ3) is 5.93. The van der Waals surface area contributed by atoms with Gasteiger partial charge in [-0.05, 0) is 49.2 Å².